The maximum absolute atomic E-state index is 12.1. The van der Waals surface area contributed by atoms with Crippen molar-refractivity contribution in [3.63, 3.8) is 0 Å². The number of piperazine rings is 1. The lowest BCUT2D eigenvalue weighted by Crippen LogP contribution is -2.59. The highest BCUT2D eigenvalue weighted by molar-refractivity contribution is 7.92. The molecule has 0 aromatic carbocycles. The molecule has 11 heteroatoms. The first kappa shape index (κ1) is 18.5. The fourth-order valence-electron chi connectivity index (χ4n) is 3.52. The van der Waals surface area contributed by atoms with Gasteiger partial charge in [-0.15, -0.1) is 0 Å². The van der Waals surface area contributed by atoms with E-state index in [1.165, 1.54) is 4.31 Å². The minimum absolute atomic E-state index is 0.0139. The monoisotopic (exact) mass is 389 g/mol. The van der Waals surface area contributed by atoms with Gasteiger partial charge in [0.25, 0.3) is 0 Å². The van der Waals surface area contributed by atoms with Gasteiger partial charge in [-0.3, -0.25) is 4.90 Å². The van der Waals surface area contributed by atoms with Crippen molar-refractivity contribution in [3.05, 3.63) is 18.0 Å². The Kier molecular flexibility index (Phi) is 5.02. The first-order valence-corrected chi connectivity index (χ1v) is 11.8. The average molecular weight is 390 g/mol. The van der Waals surface area contributed by atoms with Gasteiger partial charge in [-0.1, -0.05) is 0 Å². The van der Waals surface area contributed by atoms with E-state index in [2.05, 4.69) is 15.3 Å². The number of sulfonamides is 1. The largest absolute Gasteiger partial charge is 0.355 e. The number of anilines is 1. The molecule has 0 bridgehead atoms. The molecule has 2 aliphatic rings. The van der Waals surface area contributed by atoms with Crippen molar-refractivity contribution >= 4 is 25.8 Å². The molecule has 2 fully saturated rings. The molecule has 1 N–H and O–H groups in total. The van der Waals surface area contributed by atoms with Crippen molar-refractivity contribution in [2.45, 2.75) is 25.6 Å². The third kappa shape index (κ3) is 4.10. The Bertz CT molecular complexity index is 825. The van der Waals surface area contributed by atoms with Crippen molar-refractivity contribution in [2.75, 3.05) is 42.7 Å². The number of fused-ring (bicyclic) bond motifs is 1. The van der Waals surface area contributed by atoms with Gasteiger partial charge in [0.1, 0.15) is 0 Å². The molecule has 3 rings (SSSR count). The second-order valence-corrected chi connectivity index (χ2v) is 10.6. The van der Waals surface area contributed by atoms with E-state index in [1.54, 1.807) is 12.4 Å². The molecular weight excluding hydrogens is 366 g/mol. The molecule has 0 spiro atoms. The molecule has 1 aromatic rings. The van der Waals surface area contributed by atoms with Gasteiger partial charge in [-0.2, -0.15) is 4.31 Å². The van der Waals surface area contributed by atoms with Crippen molar-refractivity contribution in [1.29, 1.82) is 0 Å². The van der Waals surface area contributed by atoms with Crippen LogP contribution < -0.4 is 5.32 Å². The zero-order valence-electron chi connectivity index (χ0n) is 14.3. The zero-order chi connectivity index (χ0) is 18.2. The van der Waals surface area contributed by atoms with E-state index < -0.39 is 25.9 Å². The first-order valence-electron chi connectivity index (χ1n) is 8.15. The molecular formula is C14H23N5O4S2. The molecule has 0 radical (unpaired) electrons. The van der Waals surface area contributed by atoms with E-state index in [0.29, 0.717) is 25.6 Å². The Morgan fingerprint density at radius 3 is 2.44 bits per heavy atom. The molecule has 9 nitrogen and oxygen atoms in total. The molecule has 2 atom stereocenters. The van der Waals surface area contributed by atoms with E-state index >= 15 is 0 Å². The van der Waals surface area contributed by atoms with Gasteiger partial charge < -0.3 is 5.32 Å². The van der Waals surface area contributed by atoms with Crippen molar-refractivity contribution in [3.8, 4) is 0 Å². The van der Waals surface area contributed by atoms with Crippen LogP contribution in [0.3, 0.4) is 0 Å². The smallest absolute Gasteiger partial charge is 0.222 e. The minimum atomic E-state index is -3.43. The van der Waals surface area contributed by atoms with Gasteiger partial charge in [0.15, 0.2) is 9.84 Å². The summed E-state index contributed by atoms with van der Waals surface area (Å²) in [6.45, 7) is 3.97. The Balaban J connectivity index is 1.79. The van der Waals surface area contributed by atoms with Gasteiger partial charge >= 0.3 is 0 Å². The summed E-state index contributed by atoms with van der Waals surface area (Å²) in [6.07, 6.45) is 4.57. The van der Waals surface area contributed by atoms with E-state index in [-0.39, 0.29) is 17.5 Å². The van der Waals surface area contributed by atoms with Crippen LogP contribution in [-0.2, 0) is 26.4 Å². The van der Waals surface area contributed by atoms with Crippen LogP contribution in [0.25, 0.3) is 0 Å². The molecule has 2 saturated heterocycles. The van der Waals surface area contributed by atoms with E-state index in [4.69, 9.17) is 0 Å². The molecule has 0 unspecified atom stereocenters. The number of nitrogens with one attached hydrogen (secondary N) is 1. The fraction of sp³-hybridized carbons (Fsp3) is 0.714. The molecule has 0 aliphatic carbocycles. The number of nitrogens with zero attached hydrogens (tertiary/aromatic N) is 4. The fourth-order valence-corrected chi connectivity index (χ4v) is 6.75. The van der Waals surface area contributed by atoms with Gasteiger partial charge in [-0.05, 0) is 6.92 Å². The second-order valence-electron chi connectivity index (χ2n) is 6.50. The topological polar surface area (TPSA) is 113 Å². The Morgan fingerprint density at radius 1 is 1.20 bits per heavy atom. The van der Waals surface area contributed by atoms with Crippen LogP contribution in [0.2, 0.25) is 0 Å². The summed E-state index contributed by atoms with van der Waals surface area (Å²) in [5.41, 5.74) is 0.873. The van der Waals surface area contributed by atoms with Crippen LogP contribution in [0.1, 0.15) is 12.5 Å². The first-order chi connectivity index (χ1) is 11.7. The number of sulfone groups is 1. The minimum Gasteiger partial charge on any atom is -0.355 e. The lowest BCUT2D eigenvalue weighted by molar-refractivity contribution is 0.0893. The molecule has 0 saturated carbocycles. The number of hydrogen-bond acceptors (Lipinski definition) is 8. The van der Waals surface area contributed by atoms with Crippen LogP contribution in [0.15, 0.2) is 12.4 Å². The lowest BCUT2D eigenvalue weighted by Gasteiger charge is -2.42. The van der Waals surface area contributed by atoms with Gasteiger partial charge in [0, 0.05) is 50.2 Å². The maximum atomic E-state index is 12.1. The van der Waals surface area contributed by atoms with Crippen LogP contribution in [-0.4, -0.2) is 85.5 Å². The van der Waals surface area contributed by atoms with E-state index in [1.807, 2.05) is 11.8 Å². The molecule has 1 aromatic heterocycles. The maximum Gasteiger partial charge on any atom is 0.222 e. The molecule has 3 heterocycles. The second kappa shape index (κ2) is 6.78. The molecule has 25 heavy (non-hydrogen) atoms. The SMILES string of the molecule is CCNc1ncc(CN2CCN(S(C)(=O)=O)[C@@H]3CS(=O)(=O)C[C@@H]32)cn1. The number of rotatable bonds is 5. The standard InChI is InChI=1S/C14H23N5O4S2/c1-3-15-14-16-6-11(7-17-14)8-18-4-5-19(24(2,20)21)13-10-25(22,23)9-12(13)18/h6-7,12-13H,3-5,8-10H2,1-2H3,(H,15,16,17)/t12-,13+/m0/s1. The van der Waals surface area contributed by atoms with Gasteiger partial charge in [0.2, 0.25) is 16.0 Å². The van der Waals surface area contributed by atoms with Crippen molar-refractivity contribution in [2.24, 2.45) is 0 Å². The van der Waals surface area contributed by atoms with E-state index in [0.717, 1.165) is 18.4 Å². The zero-order valence-corrected chi connectivity index (χ0v) is 15.9. The number of hydrogen-bond donors (Lipinski definition) is 1. The lowest BCUT2D eigenvalue weighted by atomic mass is 10.1. The van der Waals surface area contributed by atoms with Crippen LogP contribution in [0, 0.1) is 0 Å². The van der Waals surface area contributed by atoms with Crippen molar-refractivity contribution in [1.82, 2.24) is 19.2 Å². The van der Waals surface area contributed by atoms with Crippen molar-refractivity contribution < 1.29 is 16.8 Å². The summed E-state index contributed by atoms with van der Waals surface area (Å²) in [5.74, 6) is 0.423. The Morgan fingerprint density at radius 2 is 1.84 bits per heavy atom. The Labute approximate surface area is 148 Å². The van der Waals surface area contributed by atoms with Crippen LogP contribution in [0.4, 0.5) is 5.95 Å². The summed E-state index contributed by atoms with van der Waals surface area (Å²) < 4.78 is 49.5. The summed E-state index contributed by atoms with van der Waals surface area (Å²) in [7, 11) is -6.68. The molecule has 2 aliphatic heterocycles. The molecule has 140 valence electrons. The predicted octanol–water partition coefficient (Wildman–Crippen LogP) is -0.849. The summed E-state index contributed by atoms with van der Waals surface area (Å²) in [6, 6.07) is -0.849. The summed E-state index contributed by atoms with van der Waals surface area (Å²) in [4.78, 5) is 10.5. The highest BCUT2D eigenvalue weighted by Gasteiger charge is 2.49. The molecule has 0 amide bonds. The van der Waals surface area contributed by atoms with Crippen LogP contribution in [0.5, 0.6) is 0 Å². The average Bonchev–Trinajstić information content (AvgIpc) is 2.83. The van der Waals surface area contributed by atoms with Crippen LogP contribution >= 0.6 is 0 Å². The van der Waals surface area contributed by atoms with E-state index in [9.17, 15) is 16.8 Å². The third-order valence-corrected chi connectivity index (χ3v) is 7.60. The highest BCUT2D eigenvalue weighted by Crippen LogP contribution is 2.29. The van der Waals surface area contributed by atoms with Gasteiger partial charge in [-0.25, -0.2) is 26.8 Å². The predicted molar refractivity (Wildman–Crippen MR) is 94.4 cm³/mol. The normalized spacial score (nSPS) is 27.1. The number of aromatic nitrogens is 2. The summed E-state index contributed by atoms with van der Waals surface area (Å²) in [5, 5.41) is 3.02. The highest BCUT2D eigenvalue weighted by atomic mass is 32.2. The van der Waals surface area contributed by atoms with Gasteiger partial charge in [0.05, 0.1) is 23.8 Å². The third-order valence-electron chi connectivity index (χ3n) is 4.59. The Hall–Kier alpha value is -1.30. The quantitative estimate of drug-likeness (QED) is 0.693. The summed E-state index contributed by atoms with van der Waals surface area (Å²) >= 11 is 0.